The number of carbonyl (C=O) groups excluding carboxylic acids is 1. The fourth-order valence-electron chi connectivity index (χ4n) is 3.38. The predicted octanol–water partition coefficient (Wildman–Crippen LogP) is 2.18. The van der Waals surface area contributed by atoms with Gasteiger partial charge < -0.3 is 4.90 Å². The van der Waals surface area contributed by atoms with Gasteiger partial charge in [-0.2, -0.15) is 4.31 Å². The summed E-state index contributed by atoms with van der Waals surface area (Å²) in [6.07, 6.45) is 0.840. The van der Waals surface area contributed by atoms with Crippen molar-refractivity contribution >= 4 is 15.9 Å². The van der Waals surface area contributed by atoms with E-state index in [9.17, 15) is 17.6 Å². The van der Waals surface area contributed by atoms with Crippen molar-refractivity contribution in [1.29, 1.82) is 0 Å². The van der Waals surface area contributed by atoms with Gasteiger partial charge >= 0.3 is 0 Å². The molecule has 0 atom stereocenters. The summed E-state index contributed by atoms with van der Waals surface area (Å²) in [4.78, 5) is 16.7. The zero-order valence-corrected chi connectivity index (χ0v) is 17.3. The van der Waals surface area contributed by atoms with Gasteiger partial charge in [-0.1, -0.05) is 30.3 Å². The minimum Gasteiger partial charge on any atom is -0.340 e. The second-order valence-corrected chi connectivity index (χ2v) is 9.26. The van der Waals surface area contributed by atoms with E-state index in [0.717, 1.165) is 42.5 Å². The summed E-state index contributed by atoms with van der Waals surface area (Å²) >= 11 is 0. The lowest BCUT2D eigenvalue weighted by Crippen LogP contribution is -2.42. The van der Waals surface area contributed by atoms with Crippen molar-refractivity contribution in [1.82, 2.24) is 14.1 Å². The Hall–Kier alpha value is -2.29. The SMILES string of the molecule is CN(CC(=O)N1CCCN(Cc2ccccc2)CC1)S(=O)(=O)c1ccc(F)cc1. The Morgan fingerprint density at radius 1 is 1.00 bits per heavy atom. The van der Waals surface area contributed by atoms with E-state index in [0.29, 0.717) is 13.1 Å². The molecule has 0 bridgehead atoms. The monoisotopic (exact) mass is 419 g/mol. The van der Waals surface area contributed by atoms with Gasteiger partial charge in [0.2, 0.25) is 15.9 Å². The quantitative estimate of drug-likeness (QED) is 0.720. The molecular weight excluding hydrogens is 393 g/mol. The number of hydrogen-bond donors (Lipinski definition) is 0. The van der Waals surface area contributed by atoms with E-state index >= 15 is 0 Å². The molecule has 2 aromatic carbocycles. The molecule has 0 radical (unpaired) electrons. The third kappa shape index (κ3) is 5.62. The summed E-state index contributed by atoms with van der Waals surface area (Å²) in [5.74, 6) is -0.730. The van der Waals surface area contributed by atoms with E-state index in [-0.39, 0.29) is 17.3 Å². The number of likely N-dealkylation sites (N-methyl/N-ethyl adjacent to an activating group) is 1. The zero-order chi connectivity index (χ0) is 20.9. The highest BCUT2D eigenvalue weighted by Gasteiger charge is 2.26. The van der Waals surface area contributed by atoms with Crippen molar-refractivity contribution in [2.75, 3.05) is 39.8 Å². The number of rotatable bonds is 6. The lowest BCUT2D eigenvalue weighted by Gasteiger charge is -2.24. The van der Waals surface area contributed by atoms with Crippen LogP contribution >= 0.6 is 0 Å². The van der Waals surface area contributed by atoms with Crippen LogP contribution in [0.5, 0.6) is 0 Å². The van der Waals surface area contributed by atoms with Crippen LogP contribution in [0.1, 0.15) is 12.0 Å². The molecule has 1 aliphatic rings. The highest BCUT2D eigenvalue weighted by molar-refractivity contribution is 7.89. The van der Waals surface area contributed by atoms with Crippen molar-refractivity contribution in [3.05, 3.63) is 66.0 Å². The maximum atomic E-state index is 13.1. The Labute approximate surface area is 171 Å². The van der Waals surface area contributed by atoms with Crippen molar-refractivity contribution in [3.8, 4) is 0 Å². The predicted molar refractivity (Wildman–Crippen MR) is 109 cm³/mol. The number of amides is 1. The van der Waals surface area contributed by atoms with E-state index < -0.39 is 15.8 Å². The molecule has 0 spiro atoms. The molecule has 0 aliphatic carbocycles. The first-order valence-corrected chi connectivity index (χ1v) is 11.1. The van der Waals surface area contributed by atoms with Gasteiger partial charge in [0.1, 0.15) is 5.82 Å². The average Bonchev–Trinajstić information content (AvgIpc) is 2.94. The summed E-state index contributed by atoms with van der Waals surface area (Å²) in [5.41, 5.74) is 1.23. The van der Waals surface area contributed by atoms with Gasteiger partial charge in [-0.25, -0.2) is 12.8 Å². The van der Waals surface area contributed by atoms with Crippen LogP contribution in [0.2, 0.25) is 0 Å². The highest BCUT2D eigenvalue weighted by atomic mass is 32.2. The van der Waals surface area contributed by atoms with Crippen molar-refractivity contribution in [3.63, 3.8) is 0 Å². The Kier molecular flexibility index (Phi) is 7.00. The third-order valence-corrected chi connectivity index (χ3v) is 6.89. The maximum absolute atomic E-state index is 13.1. The highest BCUT2D eigenvalue weighted by Crippen LogP contribution is 2.15. The smallest absolute Gasteiger partial charge is 0.243 e. The molecule has 3 rings (SSSR count). The van der Waals surface area contributed by atoms with Crippen LogP contribution in [0, 0.1) is 5.82 Å². The van der Waals surface area contributed by atoms with E-state index in [2.05, 4.69) is 17.0 Å². The Bertz CT molecular complexity index is 920. The van der Waals surface area contributed by atoms with Crippen molar-refractivity contribution < 1.29 is 17.6 Å². The molecule has 1 heterocycles. The molecule has 156 valence electrons. The standard InChI is InChI=1S/C21H26FN3O3S/c1-23(29(27,28)20-10-8-19(22)9-11-20)17-21(26)25-13-5-12-24(14-15-25)16-18-6-3-2-4-7-18/h2-4,6-11H,5,12-17H2,1H3. The van der Waals surface area contributed by atoms with E-state index in [1.807, 2.05) is 18.2 Å². The number of benzene rings is 2. The van der Waals surface area contributed by atoms with Gasteiger partial charge in [0.05, 0.1) is 11.4 Å². The number of nitrogens with zero attached hydrogens (tertiary/aromatic N) is 3. The second kappa shape index (κ2) is 9.47. The minimum absolute atomic E-state index is 0.0286. The van der Waals surface area contributed by atoms with Crippen LogP contribution in [0.25, 0.3) is 0 Å². The van der Waals surface area contributed by atoms with Crippen LogP contribution in [0.3, 0.4) is 0 Å². The lowest BCUT2D eigenvalue weighted by atomic mass is 10.2. The molecule has 29 heavy (non-hydrogen) atoms. The molecule has 0 saturated carbocycles. The number of halogens is 1. The molecule has 1 fully saturated rings. The molecule has 1 saturated heterocycles. The molecular formula is C21H26FN3O3S. The summed E-state index contributed by atoms with van der Waals surface area (Å²) in [5, 5.41) is 0. The Morgan fingerprint density at radius 3 is 2.38 bits per heavy atom. The molecule has 6 nitrogen and oxygen atoms in total. The van der Waals surface area contributed by atoms with Crippen LogP contribution in [-0.2, 0) is 21.4 Å². The summed E-state index contributed by atoms with van der Waals surface area (Å²) in [7, 11) is -2.47. The molecule has 2 aromatic rings. The number of carbonyl (C=O) groups is 1. The normalized spacial score (nSPS) is 16.0. The lowest BCUT2D eigenvalue weighted by molar-refractivity contribution is -0.131. The number of hydrogen-bond acceptors (Lipinski definition) is 4. The summed E-state index contributed by atoms with van der Waals surface area (Å²) in [6.45, 7) is 3.40. The van der Waals surface area contributed by atoms with Crippen LogP contribution < -0.4 is 0 Å². The first-order valence-electron chi connectivity index (χ1n) is 9.62. The van der Waals surface area contributed by atoms with E-state index in [1.165, 1.54) is 24.7 Å². The molecule has 0 unspecified atom stereocenters. The largest absolute Gasteiger partial charge is 0.340 e. The maximum Gasteiger partial charge on any atom is 0.243 e. The van der Waals surface area contributed by atoms with Gasteiger partial charge in [-0.3, -0.25) is 9.69 Å². The van der Waals surface area contributed by atoms with Crippen LogP contribution in [-0.4, -0.2) is 68.2 Å². The molecule has 1 aliphatic heterocycles. The van der Waals surface area contributed by atoms with Gasteiger partial charge in [0.25, 0.3) is 0 Å². The molecule has 0 aromatic heterocycles. The average molecular weight is 420 g/mol. The van der Waals surface area contributed by atoms with Gasteiger partial charge in [-0.15, -0.1) is 0 Å². The van der Waals surface area contributed by atoms with Crippen LogP contribution in [0.4, 0.5) is 4.39 Å². The summed E-state index contributed by atoms with van der Waals surface area (Å²) in [6, 6.07) is 14.8. The van der Waals surface area contributed by atoms with E-state index in [1.54, 1.807) is 4.90 Å². The fourth-order valence-corrected chi connectivity index (χ4v) is 4.50. The summed E-state index contributed by atoms with van der Waals surface area (Å²) < 4.78 is 39.3. The molecule has 0 N–H and O–H groups in total. The van der Waals surface area contributed by atoms with Gasteiger partial charge in [-0.05, 0) is 36.2 Å². The first-order chi connectivity index (χ1) is 13.9. The van der Waals surface area contributed by atoms with Gasteiger partial charge in [0.15, 0.2) is 0 Å². The topological polar surface area (TPSA) is 60.9 Å². The van der Waals surface area contributed by atoms with E-state index in [4.69, 9.17) is 0 Å². The molecule has 1 amide bonds. The first kappa shape index (κ1) is 21.4. The zero-order valence-electron chi connectivity index (χ0n) is 16.5. The third-order valence-electron chi connectivity index (χ3n) is 5.07. The number of sulfonamides is 1. The Morgan fingerprint density at radius 2 is 1.69 bits per heavy atom. The van der Waals surface area contributed by atoms with Gasteiger partial charge in [0, 0.05) is 39.8 Å². The van der Waals surface area contributed by atoms with Crippen LogP contribution in [0.15, 0.2) is 59.5 Å². The second-order valence-electron chi connectivity index (χ2n) is 7.21. The Balaban J connectivity index is 1.57. The van der Waals surface area contributed by atoms with Crippen molar-refractivity contribution in [2.24, 2.45) is 0 Å². The minimum atomic E-state index is -3.84. The molecule has 8 heteroatoms. The van der Waals surface area contributed by atoms with Crippen molar-refractivity contribution in [2.45, 2.75) is 17.9 Å². The fraction of sp³-hybridized carbons (Fsp3) is 0.381.